The maximum atomic E-state index is 11.1. The number of halogens is 3. The molecule has 3 fully saturated rings. The number of nitrogens with one attached hydrogen (secondary N) is 3. The minimum absolute atomic E-state index is 0.256. The van der Waals surface area contributed by atoms with Crippen molar-refractivity contribution in [3.63, 3.8) is 0 Å². The molecule has 218 valence electrons. The van der Waals surface area contributed by atoms with E-state index in [1.54, 1.807) is 12.3 Å². The highest BCUT2D eigenvalue weighted by molar-refractivity contribution is 5.52. The molecule has 2 saturated carbocycles. The maximum Gasteiger partial charge on any atom is 0.408 e. The van der Waals surface area contributed by atoms with Gasteiger partial charge in [-0.3, -0.25) is 10.1 Å². The quantitative estimate of drug-likeness (QED) is 0.253. The average molecular weight is 554 g/mol. The number of nitrogen functional groups attached to an aromatic ring is 1. The number of alkyl halides is 3. The SMILES string of the molecule is C1CCC(NC2CCOCC2)CC1.NC=NCC(F)(F)F.Nc1nccc(Nc2cc(C3CCCC3)[nH]n2)n1. The lowest BCUT2D eigenvalue weighted by molar-refractivity contribution is -0.118. The average Bonchev–Trinajstić information content (AvgIpc) is 3.62. The van der Waals surface area contributed by atoms with Gasteiger partial charge in [0.15, 0.2) is 5.82 Å². The van der Waals surface area contributed by atoms with Crippen LogP contribution in [0.4, 0.5) is 30.8 Å². The van der Waals surface area contributed by atoms with Gasteiger partial charge in [-0.1, -0.05) is 32.1 Å². The van der Waals surface area contributed by atoms with Gasteiger partial charge in [-0.05, 0) is 44.6 Å². The monoisotopic (exact) mass is 553 g/mol. The zero-order chi connectivity index (χ0) is 27.9. The second-order valence-corrected chi connectivity index (χ2v) is 10.1. The van der Waals surface area contributed by atoms with Gasteiger partial charge < -0.3 is 26.8 Å². The van der Waals surface area contributed by atoms with Gasteiger partial charge in [0, 0.05) is 49.2 Å². The number of hydrogen-bond acceptors (Lipinski definition) is 8. The van der Waals surface area contributed by atoms with E-state index in [2.05, 4.69) is 41.5 Å². The molecule has 10 nitrogen and oxygen atoms in total. The molecule has 0 spiro atoms. The first-order chi connectivity index (χ1) is 18.8. The Balaban J connectivity index is 0.000000176. The molecule has 0 atom stereocenters. The van der Waals surface area contributed by atoms with Crippen LogP contribution in [0.3, 0.4) is 0 Å². The van der Waals surface area contributed by atoms with Gasteiger partial charge in [0.2, 0.25) is 5.95 Å². The van der Waals surface area contributed by atoms with E-state index in [0.717, 1.165) is 31.1 Å². The predicted molar refractivity (Wildman–Crippen MR) is 147 cm³/mol. The van der Waals surface area contributed by atoms with Crippen LogP contribution in [0.25, 0.3) is 0 Å². The fraction of sp³-hybridized carbons (Fsp3) is 0.692. The smallest absolute Gasteiger partial charge is 0.390 e. The first-order valence-electron chi connectivity index (χ1n) is 13.8. The summed E-state index contributed by atoms with van der Waals surface area (Å²) >= 11 is 0. The topological polar surface area (TPSA) is 152 Å². The molecule has 0 unspecified atom stereocenters. The Bertz CT molecular complexity index is 952. The molecule has 2 aromatic rings. The van der Waals surface area contributed by atoms with E-state index in [-0.39, 0.29) is 5.95 Å². The summed E-state index contributed by atoms with van der Waals surface area (Å²) in [5, 5.41) is 14.2. The van der Waals surface area contributed by atoms with Crippen LogP contribution in [0.5, 0.6) is 0 Å². The van der Waals surface area contributed by atoms with Gasteiger partial charge >= 0.3 is 6.18 Å². The van der Waals surface area contributed by atoms with Crippen molar-refractivity contribution in [1.82, 2.24) is 25.5 Å². The summed E-state index contributed by atoms with van der Waals surface area (Å²) in [4.78, 5) is 10.7. The zero-order valence-corrected chi connectivity index (χ0v) is 22.4. The second-order valence-electron chi connectivity index (χ2n) is 10.1. The number of aromatic nitrogens is 4. The number of H-pyrrole nitrogens is 1. The summed E-state index contributed by atoms with van der Waals surface area (Å²) in [5.41, 5.74) is 11.3. The Kier molecular flexibility index (Phi) is 12.7. The zero-order valence-electron chi connectivity index (χ0n) is 22.4. The normalized spacial score (nSPS) is 19.3. The Hall–Kier alpha value is -2.93. The molecule has 7 N–H and O–H groups in total. The van der Waals surface area contributed by atoms with Crippen LogP contribution < -0.4 is 22.1 Å². The highest BCUT2D eigenvalue weighted by Gasteiger charge is 2.25. The number of aliphatic imine (C=N–C) groups is 1. The molecule has 0 radical (unpaired) electrons. The van der Waals surface area contributed by atoms with Crippen LogP contribution in [0.1, 0.15) is 82.2 Å². The second kappa shape index (κ2) is 16.2. The van der Waals surface area contributed by atoms with Gasteiger partial charge in [0.25, 0.3) is 0 Å². The van der Waals surface area contributed by atoms with Crippen LogP contribution in [-0.4, -0.2) is 64.5 Å². The number of rotatable bonds is 6. The Morgan fingerprint density at radius 3 is 2.28 bits per heavy atom. The lowest BCUT2D eigenvalue weighted by Gasteiger charge is -2.30. The first kappa shape index (κ1) is 30.6. The van der Waals surface area contributed by atoms with Crippen molar-refractivity contribution in [3.05, 3.63) is 24.0 Å². The van der Waals surface area contributed by atoms with Crippen LogP contribution in [0.2, 0.25) is 0 Å². The van der Waals surface area contributed by atoms with E-state index in [4.69, 9.17) is 10.5 Å². The van der Waals surface area contributed by atoms with Crippen molar-refractivity contribution in [1.29, 1.82) is 0 Å². The fourth-order valence-corrected chi connectivity index (χ4v) is 5.04. The van der Waals surface area contributed by atoms with E-state index in [1.165, 1.54) is 76.3 Å². The minimum atomic E-state index is -4.23. The molecule has 39 heavy (non-hydrogen) atoms. The predicted octanol–water partition coefficient (Wildman–Crippen LogP) is 4.81. The largest absolute Gasteiger partial charge is 0.408 e. The van der Waals surface area contributed by atoms with Crippen molar-refractivity contribution in [2.24, 2.45) is 10.7 Å². The lowest BCUT2D eigenvalue weighted by Crippen LogP contribution is -2.42. The maximum absolute atomic E-state index is 11.1. The number of hydrogen-bond donors (Lipinski definition) is 5. The fourth-order valence-electron chi connectivity index (χ4n) is 5.04. The van der Waals surface area contributed by atoms with Crippen molar-refractivity contribution in [3.8, 4) is 0 Å². The number of anilines is 3. The van der Waals surface area contributed by atoms with Crippen LogP contribution in [0.15, 0.2) is 23.3 Å². The summed E-state index contributed by atoms with van der Waals surface area (Å²) in [6.45, 7) is 0.734. The molecule has 1 saturated heterocycles. The lowest BCUT2D eigenvalue weighted by atomic mass is 9.94. The van der Waals surface area contributed by atoms with Gasteiger partial charge in [0.1, 0.15) is 12.4 Å². The van der Waals surface area contributed by atoms with Gasteiger partial charge in [-0.25, -0.2) is 4.98 Å². The summed E-state index contributed by atoms with van der Waals surface area (Å²) in [6.07, 6.45) is 12.7. The van der Waals surface area contributed by atoms with Crippen molar-refractivity contribution in [2.75, 3.05) is 30.8 Å². The van der Waals surface area contributed by atoms with Crippen LogP contribution in [0, 0.1) is 0 Å². The molecular formula is C26H42F3N9O. The van der Waals surface area contributed by atoms with Crippen LogP contribution in [-0.2, 0) is 4.74 Å². The molecule has 2 aliphatic carbocycles. The van der Waals surface area contributed by atoms with E-state index in [0.29, 0.717) is 18.1 Å². The number of aromatic amines is 1. The summed E-state index contributed by atoms with van der Waals surface area (Å²) < 4.78 is 38.6. The van der Waals surface area contributed by atoms with Crippen molar-refractivity contribution < 1.29 is 17.9 Å². The minimum Gasteiger partial charge on any atom is -0.390 e. The van der Waals surface area contributed by atoms with Gasteiger partial charge in [-0.15, -0.1) is 0 Å². The molecule has 0 bridgehead atoms. The van der Waals surface area contributed by atoms with E-state index in [9.17, 15) is 13.2 Å². The Labute approximate surface area is 228 Å². The summed E-state index contributed by atoms with van der Waals surface area (Å²) in [5.74, 6) is 2.32. The molecule has 3 heterocycles. The third kappa shape index (κ3) is 12.2. The Morgan fingerprint density at radius 1 is 1.00 bits per heavy atom. The molecule has 0 aromatic carbocycles. The van der Waals surface area contributed by atoms with Gasteiger partial charge in [-0.2, -0.15) is 23.3 Å². The third-order valence-corrected chi connectivity index (χ3v) is 7.00. The number of nitrogens with zero attached hydrogens (tertiary/aromatic N) is 4. The molecule has 13 heteroatoms. The molecule has 3 aliphatic rings. The van der Waals surface area contributed by atoms with Crippen molar-refractivity contribution in [2.45, 2.75) is 94.8 Å². The number of nitrogens with two attached hydrogens (primary N) is 2. The highest BCUT2D eigenvalue weighted by atomic mass is 19.4. The van der Waals surface area contributed by atoms with Gasteiger partial charge in [0.05, 0.1) is 6.34 Å². The summed E-state index contributed by atoms with van der Waals surface area (Å²) in [7, 11) is 0. The van der Waals surface area contributed by atoms with Crippen molar-refractivity contribution >= 4 is 23.9 Å². The molecule has 2 aromatic heterocycles. The number of ether oxygens (including phenoxy) is 1. The molecule has 0 amide bonds. The van der Waals surface area contributed by atoms with E-state index < -0.39 is 12.7 Å². The molecule has 5 rings (SSSR count). The first-order valence-corrected chi connectivity index (χ1v) is 13.8. The standard InChI is InChI=1S/C12H16N6.C11H21NO.C3H5F3N2/c13-12-14-6-5-10(16-12)15-11-7-9(17-18-11)8-3-1-2-4-8;1-2-4-10(5-3-1)12-11-6-8-13-9-7-11;4-3(5,6)1-8-2-7/h5-8H,1-4H2,(H4,13,14,15,16,17,18);10-12H,1-9H2;2H,1H2,(H2,7,8). The van der Waals surface area contributed by atoms with E-state index >= 15 is 0 Å². The molecular weight excluding hydrogens is 511 g/mol. The highest BCUT2D eigenvalue weighted by Crippen LogP contribution is 2.34. The Morgan fingerprint density at radius 2 is 1.67 bits per heavy atom. The van der Waals surface area contributed by atoms with Crippen LogP contribution >= 0.6 is 0 Å². The molecule has 1 aliphatic heterocycles. The van der Waals surface area contributed by atoms with E-state index in [1.807, 2.05) is 6.07 Å². The third-order valence-electron chi connectivity index (χ3n) is 7.00. The summed E-state index contributed by atoms with van der Waals surface area (Å²) in [6, 6.07) is 5.38.